The number of fused-ring (bicyclic) bond motifs is 1. The van der Waals surface area contributed by atoms with Gasteiger partial charge in [0.1, 0.15) is 4.90 Å². The molecular weight excluding hydrogens is 316 g/mol. The van der Waals surface area contributed by atoms with Gasteiger partial charge < -0.3 is 0 Å². The minimum Gasteiger partial charge on any atom is -0.282 e. The molecule has 2 rings (SSSR count). The lowest BCUT2D eigenvalue weighted by molar-refractivity contribution is 0.480. The fourth-order valence-electron chi connectivity index (χ4n) is 2.45. The van der Waals surface area contributed by atoms with Crippen LogP contribution >= 0.6 is 0 Å². The van der Waals surface area contributed by atoms with E-state index in [1.165, 1.54) is 19.1 Å². The number of rotatable bonds is 2. The lowest BCUT2D eigenvalue weighted by atomic mass is 9.97. The van der Waals surface area contributed by atoms with Gasteiger partial charge in [0.25, 0.3) is 20.2 Å². The zero-order valence-corrected chi connectivity index (χ0v) is 13.2. The summed E-state index contributed by atoms with van der Waals surface area (Å²) in [4.78, 5) is -0.765. The molecule has 0 atom stereocenters. The second kappa shape index (κ2) is 4.77. The summed E-state index contributed by atoms with van der Waals surface area (Å²) in [6.45, 7) is 4.90. The van der Waals surface area contributed by atoms with Crippen LogP contribution in [0.15, 0.2) is 28.0 Å². The summed E-state index contributed by atoms with van der Waals surface area (Å²) in [5, 5.41) is 0.600. The van der Waals surface area contributed by atoms with E-state index in [2.05, 4.69) is 0 Å². The van der Waals surface area contributed by atoms with E-state index in [-0.39, 0.29) is 10.3 Å². The van der Waals surface area contributed by atoms with Gasteiger partial charge >= 0.3 is 0 Å². The lowest BCUT2D eigenvalue weighted by Gasteiger charge is -2.14. The van der Waals surface area contributed by atoms with Crippen LogP contribution in [0, 0.1) is 20.8 Å². The number of benzene rings is 2. The van der Waals surface area contributed by atoms with E-state index in [4.69, 9.17) is 0 Å². The maximum Gasteiger partial charge on any atom is 0.295 e. The molecule has 0 saturated carbocycles. The Morgan fingerprint density at radius 1 is 0.810 bits per heavy atom. The molecule has 0 aliphatic carbocycles. The third-order valence-electron chi connectivity index (χ3n) is 3.55. The van der Waals surface area contributed by atoms with Gasteiger partial charge in [-0.15, -0.1) is 0 Å². The molecule has 2 aromatic carbocycles. The first-order valence-electron chi connectivity index (χ1n) is 5.93. The summed E-state index contributed by atoms with van der Waals surface area (Å²) in [6, 6.07) is 3.81. The third-order valence-corrected chi connectivity index (χ3v) is 5.44. The summed E-state index contributed by atoms with van der Waals surface area (Å²) in [6.07, 6.45) is 0. The van der Waals surface area contributed by atoms with Crippen molar-refractivity contribution < 1.29 is 25.9 Å². The molecule has 0 aliphatic heterocycles. The van der Waals surface area contributed by atoms with Crippen LogP contribution in [0.5, 0.6) is 0 Å². The van der Waals surface area contributed by atoms with Crippen LogP contribution in [0.3, 0.4) is 0 Å². The molecule has 21 heavy (non-hydrogen) atoms. The Labute approximate surface area is 122 Å². The zero-order valence-electron chi connectivity index (χ0n) is 11.6. The van der Waals surface area contributed by atoms with Crippen LogP contribution in [0.1, 0.15) is 16.7 Å². The van der Waals surface area contributed by atoms with Crippen LogP contribution in [-0.4, -0.2) is 25.9 Å². The summed E-state index contributed by atoms with van der Waals surface area (Å²) in [5.74, 6) is 0. The van der Waals surface area contributed by atoms with Gasteiger partial charge in [-0.05, 0) is 55.0 Å². The van der Waals surface area contributed by atoms with Crippen molar-refractivity contribution in [3.05, 3.63) is 34.9 Å². The molecule has 6 nitrogen and oxygen atoms in total. The molecule has 0 unspecified atom stereocenters. The molecule has 0 amide bonds. The molecule has 0 fully saturated rings. The average molecular weight is 330 g/mol. The van der Waals surface area contributed by atoms with Gasteiger partial charge in [0.15, 0.2) is 0 Å². The van der Waals surface area contributed by atoms with E-state index >= 15 is 0 Å². The molecule has 0 spiro atoms. The Kier molecular flexibility index (Phi) is 3.61. The second-order valence-corrected chi connectivity index (χ2v) is 7.66. The number of hydrogen-bond donors (Lipinski definition) is 2. The van der Waals surface area contributed by atoms with E-state index < -0.39 is 25.1 Å². The standard InChI is InChI=1S/C13H14O6S2/c1-7-4-5-11(20(14,15)16)10-6-12(21(17,18)19)8(2)9(3)13(7)10/h4-6H,1-3H3,(H,14,15,16)(H,17,18,19). The predicted molar refractivity (Wildman–Crippen MR) is 77.8 cm³/mol. The van der Waals surface area contributed by atoms with Crippen molar-refractivity contribution in [2.45, 2.75) is 30.6 Å². The van der Waals surface area contributed by atoms with E-state index in [1.807, 2.05) is 0 Å². The SMILES string of the molecule is Cc1c(S(=O)(=O)O)cc2c(S(=O)(=O)O)ccc(C)c2c1C. The fourth-order valence-corrected chi connectivity index (χ4v) is 3.94. The predicted octanol–water partition coefficient (Wildman–Crippen LogP) is 2.26. The molecule has 0 aromatic heterocycles. The molecule has 0 radical (unpaired) electrons. The Hall–Kier alpha value is -1.48. The van der Waals surface area contributed by atoms with Crippen molar-refractivity contribution in [2.75, 3.05) is 0 Å². The fraction of sp³-hybridized carbons (Fsp3) is 0.231. The van der Waals surface area contributed by atoms with Gasteiger partial charge in [-0.25, -0.2) is 0 Å². The Morgan fingerprint density at radius 2 is 1.33 bits per heavy atom. The Balaban J connectivity index is 3.16. The van der Waals surface area contributed by atoms with E-state index in [0.717, 1.165) is 11.6 Å². The summed E-state index contributed by atoms with van der Waals surface area (Å²) in [7, 11) is -9.01. The van der Waals surface area contributed by atoms with Gasteiger partial charge in [-0.3, -0.25) is 9.11 Å². The average Bonchev–Trinajstić information content (AvgIpc) is 2.30. The van der Waals surface area contributed by atoms with Crippen LogP contribution in [-0.2, 0) is 20.2 Å². The highest BCUT2D eigenvalue weighted by atomic mass is 32.2. The quantitative estimate of drug-likeness (QED) is 0.818. The molecule has 0 aliphatic rings. The summed E-state index contributed by atoms with van der Waals surface area (Å²) >= 11 is 0. The smallest absolute Gasteiger partial charge is 0.282 e. The monoisotopic (exact) mass is 330 g/mol. The molecule has 114 valence electrons. The van der Waals surface area contributed by atoms with Crippen molar-refractivity contribution in [2.24, 2.45) is 0 Å². The van der Waals surface area contributed by atoms with E-state index in [1.54, 1.807) is 13.8 Å². The van der Waals surface area contributed by atoms with Gasteiger partial charge in [-0.1, -0.05) is 6.07 Å². The molecule has 2 aromatic rings. The topological polar surface area (TPSA) is 109 Å². The van der Waals surface area contributed by atoms with Crippen molar-refractivity contribution >= 4 is 31.0 Å². The Bertz CT molecular complexity index is 956. The first kappa shape index (κ1) is 15.9. The first-order chi connectivity index (χ1) is 9.44. The lowest BCUT2D eigenvalue weighted by Crippen LogP contribution is -2.06. The van der Waals surface area contributed by atoms with Gasteiger partial charge in [-0.2, -0.15) is 16.8 Å². The van der Waals surface area contributed by atoms with Crippen molar-refractivity contribution in [1.29, 1.82) is 0 Å². The van der Waals surface area contributed by atoms with Gasteiger partial charge in [0.2, 0.25) is 0 Å². The molecule has 0 bridgehead atoms. The van der Waals surface area contributed by atoms with E-state index in [0.29, 0.717) is 16.5 Å². The normalized spacial score (nSPS) is 12.8. The van der Waals surface area contributed by atoms with Crippen molar-refractivity contribution in [3.8, 4) is 0 Å². The van der Waals surface area contributed by atoms with E-state index in [9.17, 15) is 25.9 Å². The van der Waals surface area contributed by atoms with Crippen molar-refractivity contribution in [1.82, 2.24) is 0 Å². The maximum absolute atomic E-state index is 11.5. The largest absolute Gasteiger partial charge is 0.295 e. The van der Waals surface area contributed by atoms with Gasteiger partial charge in [0.05, 0.1) is 4.90 Å². The molecule has 2 N–H and O–H groups in total. The maximum atomic E-state index is 11.5. The Morgan fingerprint density at radius 3 is 1.81 bits per heavy atom. The van der Waals surface area contributed by atoms with Crippen LogP contribution < -0.4 is 0 Å². The minimum absolute atomic E-state index is 0.0632. The summed E-state index contributed by atoms with van der Waals surface area (Å²) < 4.78 is 64.4. The molecule has 0 saturated heterocycles. The molecule has 0 heterocycles. The van der Waals surface area contributed by atoms with Crippen LogP contribution in [0.25, 0.3) is 10.8 Å². The zero-order chi connectivity index (χ0) is 16.2. The highest BCUT2D eigenvalue weighted by Gasteiger charge is 2.22. The first-order valence-corrected chi connectivity index (χ1v) is 8.81. The van der Waals surface area contributed by atoms with Crippen molar-refractivity contribution in [3.63, 3.8) is 0 Å². The second-order valence-electron chi connectivity index (χ2n) is 4.88. The molecule has 8 heteroatoms. The van der Waals surface area contributed by atoms with Gasteiger partial charge in [0, 0.05) is 5.39 Å². The highest BCUT2D eigenvalue weighted by Crippen LogP contribution is 2.33. The third kappa shape index (κ3) is 2.67. The minimum atomic E-state index is -4.51. The number of aryl methyl sites for hydroxylation is 2. The summed E-state index contributed by atoms with van der Waals surface area (Å²) in [5.41, 5.74) is 1.60. The van der Waals surface area contributed by atoms with Crippen LogP contribution in [0.2, 0.25) is 0 Å². The number of hydrogen-bond acceptors (Lipinski definition) is 4. The molecular formula is C13H14O6S2. The van der Waals surface area contributed by atoms with Crippen LogP contribution in [0.4, 0.5) is 0 Å². The highest BCUT2D eigenvalue weighted by molar-refractivity contribution is 7.86.